The fraction of sp³-hybridized carbons (Fsp3) is 0.474. The minimum atomic E-state index is -0.210. The molecule has 1 unspecified atom stereocenters. The van der Waals surface area contributed by atoms with Crippen LogP contribution in [0.25, 0.3) is 0 Å². The Kier molecular flexibility index (Phi) is 6.11. The van der Waals surface area contributed by atoms with Gasteiger partial charge in [-0.2, -0.15) is 0 Å². The molecule has 1 aromatic heterocycles. The first-order valence-electron chi connectivity index (χ1n) is 8.83. The van der Waals surface area contributed by atoms with Gasteiger partial charge in [0.1, 0.15) is 0 Å². The molecule has 0 spiro atoms. The normalized spacial score (nSPS) is 17.7. The number of benzene rings is 1. The van der Waals surface area contributed by atoms with E-state index in [0.29, 0.717) is 28.2 Å². The lowest BCUT2D eigenvalue weighted by Gasteiger charge is -2.32. The van der Waals surface area contributed by atoms with Gasteiger partial charge in [0, 0.05) is 29.2 Å². The molecule has 2 heterocycles. The van der Waals surface area contributed by atoms with Crippen LogP contribution in [0.3, 0.4) is 0 Å². The number of hydrogen-bond acceptors (Lipinski definition) is 6. The highest BCUT2D eigenvalue weighted by atomic mass is 32.1. The molecule has 2 aromatic rings. The third-order valence-electron chi connectivity index (χ3n) is 4.72. The number of thiazole rings is 1. The monoisotopic (exact) mass is 375 g/mol. The van der Waals surface area contributed by atoms with Crippen LogP contribution in [-0.2, 0) is 6.54 Å². The number of carbonyl (C=O) groups is 1. The maximum Gasteiger partial charge on any atom is 0.257 e. The van der Waals surface area contributed by atoms with Crippen LogP contribution in [0.5, 0.6) is 11.5 Å². The molecule has 0 bridgehead atoms. The van der Waals surface area contributed by atoms with Crippen LogP contribution in [0.2, 0.25) is 0 Å². The van der Waals surface area contributed by atoms with Crippen LogP contribution in [0, 0.1) is 0 Å². The second-order valence-corrected chi connectivity index (χ2v) is 7.59. The van der Waals surface area contributed by atoms with Crippen molar-refractivity contribution in [3.05, 3.63) is 34.8 Å². The number of hydrogen-bond donors (Lipinski definition) is 1. The number of aromatic nitrogens is 1. The SMILES string of the molecule is COc1ccc(C(=O)Nc2ncc(CN3CCCCC3C)s2)cc1OC. The van der Waals surface area contributed by atoms with Crippen molar-refractivity contribution in [2.24, 2.45) is 0 Å². The minimum absolute atomic E-state index is 0.210. The molecule has 6 nitrogen and oxygen atoms in total. The highest BCUT2D eigenvalue weighted by Gasteiger charge is 2.19. The molecule has 0 saturated carbocycles. The smallest absolute Gasteiger partial charge is 0.257 e. The van der Waals surface area contributed by atoms with Gasteiger partial charge in [0.15, 0.2) is 16.6 Å². The van der Waals surface area contributed by atoms with Gasteiger partial charge in [0.2, 0.25) is 0 Å². The fourth-order valence-electron chi connectivity index (χ4n) is 3.18. The molecule has 1 aromatic carbocycles. The van der Waals surface area contributed by atoms with Gasteiger partial charge in [0.05, 0.1) is 14.2 Å². The van der Waals surface area contributed by atoms with Crippen LogP contribution < -0.4 is 14.8 Å². The van der Waals surface area contributed by atoms with E-state index < -0.39 is 0 Å². The largest absolute Gasteiger partial charge is 0.493 e. The van der Waals surface area contributed by atoms with E-state index >= 15 is 0 Å². The Morgan fingerprint density at radius 2 is 2.12 bits per heavy atom. The summed E-state index contributed by atoms with van der Waals surface area (Å²) in [6.45, 7) is 4.30. The summed E-state index contributed by atoms with van der Waals surface area (Å²) in [6.07, 6.45) is 5.68. The number of amides is 1. The number of rotatable bonds is 6. The predicted octanol–water partition coefficient (Wildman–Crippen LogP) is 3.79. The molecule has 1 amide bonds. The van der Waals surface area contributed by atoms with Crippen molar-refractivity contribution in [1.82, 2.24) is 9.88 Å². The van der Waals surface area contributed by atoms with Crippen LogP contribution >= 0.6 is 11.3 Å². The Balaban J connectivity index is 1.64. The molecular weight excluding hydrogens is 350 g/mol. The van der Waals surface area contributed by atoms with E-state index in [1.165, 1.54) is 35.5 Å². The van der Waals surface area contributed by atoms with Crippen molar-refractivity contribution in [2.45, 2.75) is 38.8 Å². The Bertz CT molecular complexity index is 762. The zero-order chi connectivity index (χ0) is 18.5. The van der Waals surface area contributed by atoms with Gasteiger partial charge in [-0.15, -0.1) is 11.3 Å². The summed E-state index contributed by atoms with van der Waals surface area (Å²) in [5.74, 6) is 0.911. The lowest BCUT2D eigenvalue weighted by atomic mass is 10.0. The summed E-state index contributed by atoms with van der Waals surface area (Å²) in [4.78, 5) is 20.5. The summed E-state index contributed by atoms with van der Waals surface area (Å²) in [6, 6.07) is 5.70. The number of ether oxygens (including phenoxy) is 2. The summed E-state index contributed by atoms with van der Waals surface area (Å²) in [5.41, 5.74) is 0.504. The van der Waals surface area contributed by atoms with Crippen molar-refractivity contribution in [3.8, 4) is 11.5 Å². The molecule has 140 valence electrons. The first-order valence-corrected chi connectivity index (χ1v) is 9.64. The number of piperidine rings is 1. The molecule has 1 fully saturated rings. The number of nitrogens with zero attached hydrogens (tertiary/aromatic N) is 2. The molecule has 0 aliphatic carbocycles. The second-order valence-electron chi connectivity index (χ2n) is 6.47. The second kappa shape index (κ2) is 8.51. The topological polar surface area (TPSA) is 63.7 Å². The van der Waals surface area contributed by atoms with Gasteiger partial charge in [0.25, 0.3) is 5.91 Å². The van der Waals surface area contributed by atoms with E-state index in [1.54, 1.807) is 32.4 Å². The number of methoxy groups -OCH3 is 2. The number of carbonyl (C=O) groups excluding carboxylic acids is 1. The lowest BCUT2D eigenvalue weighted by Crippen LogP contribution is -2.36. The lowest BCUT2D eigenvalue weighted by molar-refractivity contribution is 0.102. The first kappa shape index (κ1) is 18.7. The minimum Gasteiger partial charge on any atom is -0.493 e. The van der Waals surface area contributed by atoms with Crippen LogP contribution in [0.15, 0.2) is 24.4 Å². The molecule has 7 heteroatoms. The molecule has 1 aliphatic heterocycles. The molecule has 1 N–H and O–H groups in total. The average Bonchev–Trinajstić information content (AvgIpc) is 3.09. The third-order valence-corrected chi connectivity index (χ3v) is 5.62. The van der Waals surface area contributed by atoms with Crippen molar-refractivity contribution in [2.75, 3.05) is 26.1 Å². The van der Waals surface area contributed by atoms with Crippen LogP contribution in [0.1, 0.15) is 41.4 Å². The first-order chi connectivity index (χ1) is 12.6. The van der Waals surface area contributed by atoms with E-state index in [9.17, 15) is 4.79 Å². The third kappa shape index (κ3) is 4.34. The van der Waals surface area contributed by atoms with E-state index in [-0.39, 0.29) is 5.91 Å². The van der Waals surface area contributed by atoms with E-state index in [1.807, 2.05) is 6.20 Å². The van der Waals surface area contributed by atoms with E-state index in [0.717, 1.165) is 13.1 Å². The zero-order valence-electron chi connectivity index (χ0n) is 15.4. The van der Waals surface area contributed by atoms with Gasteiger partial charge in [-0.1, -0.05) is 6.42 Å². The predicted molar refractivity (Wildman–Crippen MR) is 103 cm³/mol. The van der Waals surface area contributed by atoms with Crippen molar-refractivity contribution in [3.63, 3.8) is 0 Å². The molecule has 1 atom stereocenters. The van der Waals surface area contributed by atoms with Crippen molar-refractivity contribution < 1.29 is 14.3 Å². The molecular formula is C19H25N3O3S. The Morgan fingerprint density at radius 3 is 2.85 bits per heavy atom. The van der Waals surface area contributed by atoms with Gasteiger partial charge in [-0.25, -0.2) is 4.98 Å². The molecule has 1 aliphatic rings. The van der Waals surface area contributed by atoms with E-state index in [4.69, 9.17) is 9.47 Å². The number of anilines is 1. The number of nitrogens with one attached hydrogen (secondary N) is 1. The quantitative estimate of drug-likeness (QED) is 0.832. The zero-order valence-corrected chi connectivity index (χ0v) is 16.3. The molecule has 3 rings (SSSR count). The Labute approximate surface area is 158 Å². The van der Waals surface area contributed by atoms with E-state index in [2.05, 4.69) is 22.1 Å². The average molecular weight is 375 g/mol. The summed E-state index contributed by atoms with van der Waals surface area (Å²) in [5, 5.41) is 3.48. The van der Waals surface area contributed by atoms with Crippen molar-refractivity contribution in [1.29, 1.82) is 0 Å². The Morgan fingerprint density at radius 1 is 1.31 bits per heavy atom. The van der Waals surface area contributed by atoms with Gasteiger partial charge >= 0.3 is 0 Å². The van der Waals surface area contributed by atoms with Crippen LogP contribution in [-0.4, -0.2) is 42.6 Å². The summed E-state index contributed by atoms with van der Waals surface area (Å²) < 4.78 is 10.5. The summed E-state index contributed by atoms with van der Waals surface area (Å²) in [7, 11) is 3.12. The summed E-state index contributed by atoms with van der Waals surface area (Å²) >= 11 is 1.53. The van der Waals surface area contributed by atoms with Crippen molar-refractivity contribution >= 4 is 22.4 Å². The Hall–Kier alpha value is -2.12. The molecule has 26 heavy (non-hydrogen) atoms. The highest BCUT2D eigenvalue weighted by molar-refractivity contribution is 7.15. The molecule has 0 radical (unpaired) electrons. The number of likely N-dealkylation sites (tertiary alicyclic amines) is 1. The van der Waals surface area contributed by atoms with Gasteiger partial charge < -0.3 is 9.47 Å². The van der Waals surface area contributed by atoms with Gasteiger partial charge in [-0.3, -0.25) is 15.0 Å². The fourth-order valence-corrected chi connectivity index (χ4v) is 4.01. The molecule has 1 saturated heterocycles. The highest BCUT2D eigenvalue weighted by Crippen LogP contribution is 2.28. The standard InChI is InChI=1S/C19H25N3O3S/c1-13-6-4-5-9-22(13)12-15-11-20-19(26-15)21-18(23)14-7-8-16(24-2)17(10-14)25-3/h7-8,10-11,13H,4-6,9,12H2,1-3H3,(H,20,21,23). The van der Waals surface area contributed by atoms with Gasteiger partial charge in [-0.05, 0) is 44.5 Å². The maximum atomic E-state index is 12.5. The van der Waals surface area contributed by atoms with Crippen LogP contribution in [0.4, 0.5) is 5.13 Å². The maximum absolute atomic E-state index is 12.5.